The van der Waals surface area contributed by atoms with Gasteiger partial charge in [0.05, 0.1) is 13.0 Å². The van der Waals surface area contributed by atoms with Crippen molar-refractivity contribution in [2.45, 2.75) is 26.3 Å². The van der Waals surface area contributed by atoms with Crippen molar-refractivity contribution in [1.29, 1.82) is 0 Å². The number of nitrogens with zero attached hydrogens (tertiary/aromatic N) is 1. The van der Waals surface area contributed by atoms with Crippen molar-refractivity contribution in [1.82, 2.24) is 10.2 Å². The summed E-state index contributed by atoms with van der Waals surface area (Å²) >= 11 is 0. The van der Waals surface area contributed by atoms with E-state index >= 15 is 0 Å². The molecule has 1 atom stereocenters. The summed E-state index contributed by atoms with van der Waals surface area (Å²) in [6, 6.07) is 7.62. The summed E-state index contributed by atoms with van der Waals surface area (Å²) in [6.07, 6.45) is 1.72. The summed E-state index contributed by atoms with van der Waals surface area (Å²) in [5.41, 5.74) is 0.951. The molecule has 0 saturated carbocycles. The fraction of sp³-hybridized carbons (Fsp3) is 0.500. The molecule has 1 fully saturated rings. The van der Waals surface area contributed by atoms with E-state index in [9.17, 15) is 9.59 Å². The normalized spacial score (nSPS) is 18.2. The molecule has 0 spiro atoms. The van der Waals surface area contributed by atoms with Crippen molar-refractivity contribution >= 4 is 11.8 Å². The number of methoxy groups -OCH3 is 1. The first-order chi connectivity index (χ1) is 10.1. The number of amides is 2. The first kappa shape index (κ1) is 15.4. The van der Waals surface area contributed by atoms with Gasteiger partial charge >= 0.3 is 0 Å². The van der Waals surface area contributed by atoms with Crippen molar-refractivity contribution in [3.8, 4) is 5.75 Å². The predicted octanol–water partition coefficient (Wildman–Crippen LogP) is 1.57. The van der Waals surface area contributed by atoms with Gasteiger partial charge in [-0.1, -0.05) is 18.2 Å². The molecule has 0 radical (unpaired) electrons. The number of para-hydroxylation sites is 1. The standard InChI is InChI=1S/C16H22N2O3/c1-12(19)18-9-5-7-14(11-18)16(20)17-10-13-6-3-4-8-15(13)21-2/h3-4,6,8,14H,5,7,9-11H2,1-2H3,(H,17,20). The molecule has 1 aromatic carbocycles. The molecule has 21 heavy (non-hydrogen) atoms. The van der Waals surface area contributed by atoms with Crippen LogP contribution in [0, 0.1) is 5.92 Å². The van der Waals surface area contributed by atoms with Crippen molar-refractivity contribution in [2.75, 3.05) is 20.2 Å². The summed E-state index contributed by atoms with van der Waals surface area (Å²) < 4.78 is 5.27. The van der Waals surface area contributed by atoms with Crippen LogP contribution in [-0.2, 0) is 16.1 Å². The van der Waals surface area contributed by atoms with Gasteiger partial charge in [0.15, 0.2) is 0 Å². The van der Waals surface area contributed by atoms with Crippen LogP contribution in [0.1, 0.15) is 25.3 Å². The summed E-state index contributed by atoms with van der Waals surface area (Å²) in [5, 5.41) is 2.95. The van der Waals surface area contributed by atoms with E-state index in [-0.39, 0.29) is 17.7 Å². The average molecular weight is 290 g/mol. The smallest absolute Gasteiger partial charge is 0.225 e. The second-order valence-electron chi connectivity index (χ2n) is 5.33. The maximum Gasteiger partial charge on any atom is 0.225 e. The van der Waals surface area contributed by atoms with Crippen molar-refractivity contribution < 1.29 is 14.3 Å². The second-order valence-corrected chi connectivity index (χ2v) is 5.33. The molecule has 1 aromatic rings. The highest BCUT2D eigenvalue weighted by Gasteiger charge is 2.26. The van der Waals surface area contributed by atoms with Gasteiger partial charge in [0, 0.05) is 32.1 Å². The van der Waals surface area contributed by atoms with Gasteiger partial charge in [0.1, 0.15) is 5.75 Å². The summed E-state index contributed by atoms with van der Waals surface area (Å²) in [7, 11) is 1.62. The largest absolute Gasteiger partial charge is 0.496 e. The number of nitrogens with one attached hydrogen (secondary N) is 1. The lowest BCUT2D eigenvalue weighted by Crippen LogP contribution is -2.44. The lowest BCUT2D eigenvalue weighted by molar-refractivity contribution is -0.134. The quantitative estimate of drug-likeness (QED) is 0.915. The van der Waals surface area contributed by atoms with E-state index in [1.807, 2.05) is 24.3 Å². The molecule has 1 aliphatic rings. The zero-order chi connectivity index (χ0) is 15.2. The molecule has 2 rings (SSSR count). The number of hydrogen-bond donors (Lipinski definition) is 1. The molecule has 2 amide bonds. The third-order valence-electron chi connectivity index (χ3n) is 3.88. The molecule has 0 aliphatic carbocycles. The molecule has 1 aliphatic heterocycles. The molecule has 114 valence electrons. The Bertz CT molecular complexity index is 516. The summed E-state index contributed by atoms with van der Waals surface area (Å²) in [6.45, 7) is 3.27. The van der Waals surface area contributed by atoms with Crippen LogP contribution in [-0.4, -0.2) is 36.9 Å². The molecule has 1 saturated heterocycles. The summed E-state index contributed by atoms with van der Waals surface area (Å²) in [4.78, 5) is 25.4. The van der Waals surface area contributed by atoms with Crippen LogP contribution in [0.4, 0.5) is 0 Å². The Morgan fingerprint density at radius 3 is 2.86 bits per heavy atom. The minimum absolute atomic E-state index is 0.00635. The topological polar surface area (TPSA) is 58.6 Å². The highest BCUT2D eigenvalue weighted by Crippen LogP contribution is 2.19. The van der Waals surface area contributed by atoms with E-state index in [2.05, 4.69) is 5.32 Å². The number of ether oxygens (including phenoxy) is 1. The number of likely N-dealkylation sites (tertiary alicyclic amines) is 1. The van der Waals surface area contributed by atoms with E-state index in [1.54, 1.807) is 18.9 Å². The lowest BCUT2D eigenvalue weighted by Gasteiger charge is -2.31. The zero-order valence-electron chi connectivity index (χ0n) is 12.6. The number of carbonyl (C=O) groups is 2. The Morgan fingerprint density at radius 1 is 1.38 bits per heavy atom. The van der Waals surface area contributed by atoms with E-state index in [0.29, 0.717) is 13.1 Å². The van der Waals surface area contributed by atoms with E-state index in [4.69, 9.17) is 4.74 Å². The molecular formula is C16H22N2O3. The Labute approximate surface area is 125 Å². The molecular weight excluding hydrogens is 268 g/mol. The van der Waals surface area contributed by atoms with Gasteiger partial charge in [-0.2, -0.15) is 0 Å². The molecule has 0 bridgehead atoms. The molecule has 0 aromatic heterocycles. The molecule has 5 nitrogen and oxygen atoms in total. The highest BCUT2D eigenvalue weighted by atomic mass is 16.5. The minimum Gasteiger partial charge on any atom is -0.496 e. The Balaban J connectivity index is 1.91. The van der Waals surface area contributed by atoms with Gasteiger partial charge in [-0.3, -0.25) is 9.59 Å². The van der Waals surface area contributed by atoms with Gasteiger partial charge in [-0.15, -0.1) is 0 Å². The van der Waals surface area contributed by atoms with Crippen LogP contribution in [0.5, 0.6) is 5.75 Å². The third-order valence-corrected chi connectivity index (χ3v) is 3.88. The van der Waals surface area contributed by atoms with Crippen LogP contribution in [0.2, 0.25) is 0 Å². The van der Waals surface area contributed by atoms with Crippen molar-refractivity contribution in [3.05, 3.63) is 29.8 Å². The molecule has 1 N–H and O–H groups in total. The minimum atomic E-state index is -0.114. The highest BCUT2D eigenvalue weighted by molar-refractivity contribution is 5.80. The first-order valence-corrected chi connectivity index (χ1v) is 7.27. The maximum atomic E-state index is 12.2. The monoisotopic (exact) mass is 290 g/mol. The number of piperidine rings is 1. The van der Waals surface area contributed by atoms with Gasteiger partial charge < -0.3 is 15.0 Å². The van der Waals surface area contributed by atoms with E-state index in [0.717, 1.165) is 30.7 Å². The van der Waals surface area contributed by atoms with Gasteiger partial charge in [-0.05, 0) is 18.9 Å². The predicted molar refractivity (Wildman–Crippen MR) is 79.8 cm³/mol. The Morgan fingerprint density at radius 2 is 2.14 bits per heavy atom. The number of carbonyl (C=O) groups excluding carboxylic acids is 2. The van der Waals surface area contributed by atoms with Crippen LogP contribution in [0.15, 0.2) is 24.3 Å². The van der Waals surface area contributed by atoms with Gasteiger partial charge in [0.2, 0.25) is 11.8 Å². The van der Waals surface area contributed by atoms with Crippen molar-refractivity contribution in [2.24, 2.45) is 5.92 Å². The first-order valence-electron chi connectivity index (χ1n) is 7.27. The summed E-state index contributed by atoms with van der Waals surface area (Å²) in [5.74, 6) is 0.702. The number of benzene rings is 1. The number of rotatable bonds is 4. The Hall–Kier alpha value is -2.04. The molecule has 1 heterocycles. The molecule has 1 unspecified atom stereocenters. The number of hydrogen-bond acceptors (Lipinski definition) is 3. The van der Waals surface area contributed by atoms with Gasteiger partial charge in [-0.25, -0.2) is 0 Å². The van der Waals surface area contributed by atoms with E-state index < -0.39 is 0 Å². The molecule has 5 heteroatoms. The van der Waals surface area contributed by atoms with Crippen LogP contribution in [0.25, 0.3) is 0 Å². The SMILES string of the molecule is COc1ccccc1CNC(=O)C1CCCN(C(C)=O)C1. The van der Waals surface area contributed by atoms with Crippen LogP contribution in [0.3, 0.4) is 0 Å². The fourth-order valence-electron chi connectivity index (χ4n) is 2.65. The fourth-order valence-corrected chi connectivity index (χ4v) is 2.65. The lowest BCUT2D eigenvalue weighted by atomic mass is 9.97. The Kier molecular flexibility index (Phi) is 5.20. The second kappa shape index (κ2) is 7.11. The third kappa shape index (κ3) is 3.97. The van der Waals surface area contributed by atoms with E-state index in [1.165, 1.54) is 0 Å². The van der Waals surface area contributed by atoms with Crippen LogP contribution >= 0.6 is 0 Å². The zero-order valence-corrected chi connectivity index (χ0v) is 12.6. The average Bonchev–Trinajstić information content (AvgIpc) is 2.52. The van der Waals surface area contributed by atoms with Crippen molar-refractivity contribution in [3.63, 3.8) is 0 Å². The van der Waals surface area contributed by atoms with Crippen LogP contribution < -0.4 is 10.1 Å². The maximum absolute atomic E-state index is 12.2. The van der Waals surface area contributed by atoms with Gasteiger partial charge in [0.25, 0.3) is 0 Å².